The van der Waals surface area contributed by atoms with Gasteiger partial charge >= 0.3 is 0 Å². The van der Waals surface area contributed by atoms with Crippen molar-refractivity contribution in [2.75, 3.05) is 13.2 Å². The molecule has 1 aliphatic rings. The number of amides is 2. The molecule has 1 aliphatic heterocycles. The van der Waals surface area contributed by atoms with Gasteiger partial charge in [-0.15, -0.1) is 0 Å². The van der Waals surface area contributed by atoms with Crippen molar-refractivity contribution in [2.24, 2.45) is 0 Å². The minimum atomic E-state index is -0.738. The number of aliphatic hydroxyl groups is 2. The normalized spacial score (nSPS) is 21.1. The fourth-order valence-corrected chi connectivity index (χ4v) is 1.85. The molecule has 5 heteroatoms. The van der Waals surface area contributed by atoms with E-state index in [1.54, 1.807) is 24.3 Å². The van der Waals surface area contributed by atoms with Gasteiger partial charge in [-0.05, 0) is 19.3 Å². The second-order valence-electron chi connectivity index (χ2n) is 4.70. The van der Waals surface area contributed by atoms with E-state index in [-0.39, 0.29) is 30.4 Å². The van der Waals surface area contributed by atoms with Crippen molar-refractivity contribution in [1.82, 2.24) is 4.90 Å². The molecule has 0 radical (unpaired) electrons. The molecular formula is C15H21NO4. The first kappa shape index (κ1) is 16.3. The summed E-state index contributed by atoms with van der Waals surface area (Å²) in [5, 5.41) is 17.9. The lowest BCUT2D eigenvalue weighted by Gasteiger charge is -2.20. The molecule has 0 saturated heterocycles. The highest BCUT2D eigenvalue weighted by Gasteiger charge is 2.21. The molecule has 0 bridgehead atoms. The quantitative estimate of drug-likeness (QED) is 0.431. The third-order valence-corrected chi connectivity index (χ3v) is 3.04. The zero-order valence-corrected chi connectivity index (χ0v) is 11.5. The molecule has 5 nitrogen and oxygen atoms in total. The molecule has 1 unspecified atom stereocenters. The summed E-state index contributed by atoms with van der Waals surface area (Å²) in [4.78, 5) is 25.2. The molecule has 110 valence electrons. The van der Waals surface area contributed by atoms with E-state index in [1.165, 1.54) is 4.90 Å². The molecule has 2 N–H and O–H groups in total. The van der Waals surface area contributed by atoms with Crippen molar-refractivity contribution >= 4 is 11.8 Å². The largest absolute Gasteiger partial charge is 0.394 e. The van der Waals surface area contributed by atoms with Crippen molar-refractivity contribution < 1.29 is 19.8 Å². The van der Waals surface area contributed by atoms with Crippen LogP contribution >= 0.6 is 0 Å². The molecule has 20 heavy (non-hydrogen) atoms. The maximum absolute atomic E-state index is 12.1. The summed E-state index contributed by atoms with van der Waals surface area (Å²) in [5.74, 6) is -0.628. The predicted octanol–water partition coefficient (Wildman–Crippen LogP) is 0.937. The summed E-state index contributed by atoms with van der Waals surface area (Å²) in [6.07, 6.45) is 7.82. The summed E-state index contributed by atoms with van der Waals surface area (Å²) in [5.41, 5.74) is 0.278. The summed E-state index contributed by atoms with van der Waals surface area (Å²) in [6.45, 7) is 3.69. The average Bonchev–Trinajstić information content (AvgIpc) is 2.49. The first-order valence-electron chi connectivity index (χ1n) is 6.72. The van der Waals surface area contributed by atoms with Gasteiger partial charge in [-0.2, -0.15) is 0 Å². The number of unbranched alkanes of at least 4 members (excludes halogenated alkanes) is 1. The molecule has 0 saturated carbocycles. The number of carbonyl (C=O) groups excluding carboxylic acids is 2. The topological polar surface area (TPSA) is 77.8 Å². The number of rotatable bonds is 6. The van der Waals surface area contributed by atoms with E-state index in [0.29, 0.717) is 25.8 Å². The van der Waals surface area contributed by atoms with E-state index < -0.39 is 6.10 Å². The summed E-state index contributed by atoms with van der Waals surface area (Å²) in [7, 11) is 0. The SMILES string of the molecule is C=C1/C=C\C=C/CC(=O)N(CCCCC(O)CO)C1=O. The van der Waals surface area contributed by atoms with Crippen LogP contribution in [0.5, 0.6) is 0 Å². The molecule has 0 aliphatic carbocycles. The Hall–Kier alpha value is -1.72. The second-order valence-corrected chi connectivity index (χ2v) is 4.70. The van der Waals surface area contributed by atoms with Crippen LogP contribution in [0.4, 0.5) is 0 Å². The third kappa shape index (κ3) is 5.11. The Morgan fingerprint density at radius 2 is 2.05 bits per heavy atom. The van der Waals surface area contributed by atoms with E-state index in [2.05, 4.69) is 6.58 Å². The fourth-order valence-electron chi connectivity index (χ4n) is 1.85. The maximum Gasteiger partial charge on any atom is 0.259 e. The van der Waals surface area contributed by atoms with Gasteiger partial charge in [0.1, 0.15) is 0 Å². The van der Waals surface area contributed by atoms with Gasteiger partial charge < -0.3 is 10.2 Å². The Labute approximate surface area is 118 Å². The van der Waals surface area contributed by atoms with Crippen LogP contribution < -0.4 is 0 Å². The third-order valence-electron chi connectivity index (χ3n) is 3.04. The van der Waals surface area contributed by atoms with Crippen LogP contribution in [0.2, 0.25) is 0 Å². The molecule has 0 fully saturated rings. The smallest absolute Gasteiger partial charge is 0.259 e. The molecule has 1 atom stereocenters. The van der Waals surface area contributed by atoms with Gasteiger partial charge in [0.2, 0.25) is 5.91 Å². The number of hydrogen-bond donors (Lipinski definition) is 2. The highest BCUT2D eigenvalue weighted by atomic mass is 16.3. The van der Waals surface area contributed by atoms with E-state index >= 15 is 0 Å². The van der Waals surface area contributed by atoms with Crippen molar-refractivity contribution in [3.8, 4) is 0 Å². The van der Waals surface area contributed by atoms with E-state index in [1.807, 2.05) is 0 Å². The Morgan fingerprint density at radius 1 is 1.30 bits per heavy atom. The highest BCUT2D eigenvalue weighted by Crippen LogP contribution is 2.10. The second kappa shape index (κ2) is 8.45. The zero-order chi connectivity index (χ0) is 15.0. The van der Waals surface area contributed by atoms with Gasteiger partial charge in [0.25, 0.3) is 5.91 Å². The zero-order valence-electron chi connectivity index (χ0n) is 11.5. The highest BCUT2D eigenvalue weighted by molar-refractivity contribution is 6.06. The molecule has 1 heterocycles. The van der Waals surface area contributed by atoms with Gasteiger partial charge in [0, 0.05) is 18.5 Å². The minimum Gasteiger partial charge on any atom is -0.394 e. The van der Waals surface area contributed by atoms with Gasteiger partial charge in [0.05, 0.1) is 12.7 Å². The van der Waals surface area contributed by atoms with E-state index in [0.717, 1.165) is 0 Å². The van der Waals surface area contributed by atoms with Gasteiger partial charge in [-0.25, -0.2) is 0 Å². The molecule has 2 amide bonds. The van der Waals surface area contributed by atoms with Crippen molar-refractivity contribution in [2.45, 2.75) is 31.8 Å². The van der Waals surface area contributed by atoms with Gasteiger partial charge in [-0.1, -0.05) is 30.9 Å². The van der Waals surface area contributed by atoms with Crippen molar-refractivity contribution in [3.05, 3.63) is 36.5 Å². The van der Waals surface area contributed by atoms with Crippen LogP contribution in [-0.4, -0.2) is 46.2 Å². The lowest BCUT2D eigenvalue weighted by atomic mass is 10.1. The molecule has 1 rings (SSSR count). The Kier molecular flexibility index (Phi) is 6.90. The molecule has 0 aromatic rings. The summed E-state index contributed by atoms with van der Waals surface area (Å²) >= 11 is 0. The lowest BCUT2D eigenvalue weighted by Crippen LogP contribution is -2.37. The Balaban J connectivity index is 2.57. The predicted molar refractivity (Wildman–Crippen MR) is 75.7 cm³/mol. The number of carbonyl (C=O) groups is 2. The van der Waals surface area contributed by atoms with Crippen molar-refractivity contribution in [1.29, 1.82) is 0 Å². The lowest BCUT2D eigenvalue weighted by molar-refractivity contribution is -0.141. The minimum absolute atomic E-state index is 0.183. The molecule has 0 aromatic carbocycles. The summed E-state index contributed by atoms with van der Waals surface area (Å²) in [6, 6.07) is 0. The first-order valence-corrected chi connectivity index (χ1v) is 6.72. The Morgan fingerprint density at radius 3 is 2.75 bits per heavy atom. The van der Waals surface area contributed by atoms with Crippen LogP contribution in [0.1, 0.15) is 25.7 Å². The van der Waals surface area contributed by atoms with Gasteiger partial charge in [-0.3, -0.25) is 14.5 Å². The average molecular weight is 279 g/mol. The van der Waals surface area contributed by atoms with Crippen molar-refractivity contribution in [3.63, 3.8) is 0 Å². The number of nitrogens with zero attached hydrogens (tertiary/aromatic N) is 1. The van der Waals surface area contributed by atoms with Crippen LogP contribution in [0.3, 0.4) is 0 Å². The first-order chi connectivity index (χ1) is 9.56. The van der Waals surface area contributed by atoms with Crippen LogP contribution in [0.15, 0.2) is 36.5 Å². The molecule has 0 spiro atoms. The van der Waals surface area contributed by atoms with Crippen LogP contribution in [0, 0.1) is 0 Å². The van der Waals surface area contributed by atoms with E-state index in [4.69, 9.17) is 5.11 Å². The van der Waals surface area contributed by atoms with Crippen LogP contribution in [0.25, 0.3) is 0 Å². The number of imide groups is 1. The molecule has 0 aromatic heterocycles. The number of aliphatic hydroxyl groups excluding tert-OH is 2. The maximum atomic E-state index is 12.1. The fraction of sp³-hybridized carbons (Fsp3) is 0.467. The number of allylic oxidation sites excluding steroid dienone is 2. The van der Waals surface area contributed by atoms with E-state index in [9.17, 15) is 14.7 Å². The molecular weight excluding hydrogens is 258 g/mol. The standard InChI is InChI=1S/C15H21NO4/c1-12-7-3-2-4-9-14(19)16(15(12)20)10-6-5-8-13(18)11-17/h2-4,7,13,17-18H,1,5-6,8-11H2/b4-2-,7-3-. The van der Waals surface area contributed by atoms with Gasteiger partial charge in [0.15, 0.2) is 0 Å². The summed E-state index contributed by atoms with van der Waals surface area (Å²) < 4.78 is 0. The number of hydrogen-bond acceptors (Lipinski definition) is 4. The van der Waals surface area contributed by atoms with Crippen LogP contribution in [-0.2, 0) is 9.59 Å². The monoisotopic (exact) mass is 279 g/mol. The Bertz CT molecular complexity index is 426.